The Morgan fingerprint density at radius 2 is 2.12 bits per heavy atom. The van der Waals surface area contributed by atoms with Gasteiger partial charge in [-0.25, -0.2) is 4.79 Å². The zero-order chi connectivity index (χ0) is 18.0. The molecule has 3 rings (SSSR count). The minimum Gasteiger partial charge on any atom is -0.449 e. The van der Waals surface area contributed by atoms with Crippen LogP contribution < -0.4 is 5.32 Å². The number of benzene rings is 1. The van der Waals surface area contributed by atoms with Gasteiger partial charge in [0.25, 0.3) is 5.91 Å². The number of amides is 1. The maximum Gasteiger partial charge on any atom is 0.341 e. The summed E-state index contributed by atoms with van der Waals surface area (Å²) in [7, 11) is 1.86. The molecule has 25 heavy (non-hydrogen) atoms. The minimum atomic E-state index is -0.913. The van der Waals surface area contributed by atoms with Crippen molar-refractivity contribution in [1.82, 2.24) is 9.72 Å². The Morgan fingerprint density at radius 1 is 1.36 bits per heavy atom. The predicted octanol–water partition coefficient (Wildman–Crippen LogP) is 3.05. The highest BCUT2D eigenvalue weighted by atomic mass is 16.5. The summed E-state index contributed by atoms with van der Waals surface area (Å²) in [6, 6.07) is 9.13. The fourth-order valence-electron chi connectivity index (χ4n) is 2.65. The van der Waals surface area contributed by atoms with Crippen LogP contribution in [0.4, 0.5) is 5.82 Å². The number of ether oxygens (including phenoxy) is 1. The van der Waals surface area contributed by atoms with Crippen LogP contribution in [0.2, 0.25) is 0 Å². The Balaban J connectivity index is 1.76. The zero-order valence-electron chi connectivity index (χ0n) is 14.3. The molecular formula is C18H19N3O4. The predicted molar refractivity (Wildman–Crippen MR) is 92.3 cm³/mol. The van der Waals surface area contributed by atoms with Crippen LogP contribution in [0, 0.1) is 6.92 Å². The van der Waals surface area contributed by atoms with Crippen molar-refractivity contribution in [3.05, 3.63) is 47.9 Å². The van der Waals surface area contributed by atoms with Gasteiger partial charge in [0.05, 0.1) is 5.56 Å². The van der Waals surface area contributed by atoms with Gasteiger partial charge in [-0.15, -0.1) is 0 Å². The molecule has 0 spiro atoms. The summed E-state index contributed by atoms with van der Waals surface area (Å²) in [6.07, 6.45) is 1.14. The number of anilines is 1. The molecule has 7 heteroatoms. The lowest BCUT2D eigenvalue weighted by molar-refractivity contribution is -0.124. The van der Waals surface area contributed by atoms with Gasteiger partial charge in [0.2, 0.25) is 0 Å². The standard InChI is InChI=1S/C18H19N3O4/c1-4-15(17(22)19-16-9-11(2)25-20-16)24-18(23)13-10-21(3)14-8-6-5-7-12(13)14/h5-10,15H,4H2,1-3H3,(H,19,20,22)/t15-/m0/s1. The highest BCUT2D eigenvalue weighted by Gasteiger charge is 2.24. The van der Waals surface area contributed by atoms with Gasteiger partial charge >= 0.3 is 5.97 Å². The Morgan fingerprint density at radius 3 is 2.80 bits per heavy atom. The molecule has 0 saturated heterocycles. The molecule has 0 aliphatic rings. The zero-order valence-corrected chi connectivity index (χ0v) is 14.3. The van der Waals surface area contributed by atoms with E-state index in [4.69, 9.17) is 9.26 Å². The summed E-state index contributed by atoms with van der Waals surface area (Å²) in [5.74, 6) is -0.0993. The molecule has 1 amide bonds. The van der Waals surface area contributed by atoms with Crippen LogP contribution in [-0.2, 0) is 16.6 Å². The number of para-hydroxylation sites is 1. The normalized spacial score (nSPS) is 12.1. The number of aromatic nitrogens is 2. The fourth-order valence-corrected chi connectivity index (χ4v) is 2.65. The summed E-state index contributed by atoms with van der Waals surface area (Å²) >= 11 is 0. The molecule has 0 aliphatic heterocycles. The van der Waals surface area contributed by atoms with Gasteiger partial charge in [-0.2, -0.15) is 0 Å². The molecule has 0 fully saturated rings. The second-order valence-corrected chi connectivity index (χ2v) is 5.79. The maximum atomic E-state index is 12.6. The third kappa shape index (κ3) is 3.40. The number of aryl methyl sites for hydroxylation is 2. The third-order valence-electron chi connectivity index (χ3n) is 3.91. The number of fused-ring (bicyclic) bond motifs is 1. The van der Waals surface area contributed by atoms with Gasteiger partial charge in [0, 0.05) is 30.2 Å². The Bertz CT molecular complexity index is 925. The lowest BCUT2D eigenvalue weighted by Gasteiger charge is -2.14. The number of carbonyl (C=O) groups excluding carboxylic acids is 2. The second-order valence-electron chi connectivity index (χ2n) is 5.79. The summed E-state index contributed by atoms with van der Waals surface area (Å²) in [5, 5.41) is 7.08. The van der Waals surface area contributed by atoms with E-state index >= 15 is 0 Å². The van der Waals surface area contributed by atoms with Crippen LogP contribution in [0.5, 0.6) is 0 Å². The first-order chi connectivity index (χ1) is 12.0. The first-order valence-corrected chi connectivity index (χ1v) is 7.98. The van der Waals surface area contributed by atoms with Crippen LogP contribution in [-0.4, -0.2) is 27.7 Å². The van der Waals surface area contributed by atoms with Crippen LogP contribution in [0.25, 0.3) is 10.9 Å². The summed E-state index contributed by atoms with van der Waals surface area (Å²) in [4.78, 5) is 24.9. The fraction of sp³-hybridized carbons (Fsp3) is 0.278. The quantitative estimate of drug-likeness (QED) is 0.721. The van der Waals surface area contributed by atoms with Gasteiger partial charge in [-0.05, 0) is 19.4 Å². The van der Waals surface area contributed by atoms with Crippen LogP contribution >= 0.6 is 0 Å². The maximum absolute atomic E-state index is 12.6. The van der Waals surface area contributed by atoms with Crippen molar-refractivity contribution in [1.29, 1.82) is 0 Å². The SMILES string of the molecule is CC[C@H](OC(=O)c1cn(C)c2ccccc12)C(=O)Nc1cc(C)on1. The van der Waals surface area contributed by atoms with E-state index in [9.17, 15) is 9.59 Å². The average Bonchev–Trinajstić information content (AvgIpc) is 3.16. The smallest absolute Gasteiger partial charge is 0.341 e. The number of hydrogen-bond donors (Lipinski definition) is 1. The number of carbonyl (C=O) groups is 2. The van der Waals surface area contributed by atoms with Crippen molar-refractivity contribution in [2.24, 2.45) is 7.05 Å². The minimum absolute atomic E-state index is 0.294. The summed E-state index contributed by atoms with van der Waals surface area (Å²) < 4.78 is 12.2. The summed E-state index contributed by atoms with van der Waals surface area (Å²) in [6.45, 7) is 3.50. The van der Waals surface area contributed by atoms with Gasteiger partial charge in [-0.1, -0.05) is 30.3 Å². The van der Waals surface area contributed by atoms with Gasteiger partial charge in [-0.3, -0.25) is 4.79 Å². The Kier molecular flexibility index (Phi) is 4.56. The van der Waals surface area contributed by atoms with E-state index < -0.39 is 18.0 Å². The van der Waals surface area contributed by atoms with E-state index in [0.29, 0.717) is 23.6 Å². The molecule has 1 atom stereocenters. The molecule has 7 nitrogen and oxygen atoms in total. The van der Waals surface area contributed by atoms with E-state index in [1.54, 1.807) is 26.1 Å². The van der Waals surface area contributed by atoms with E-state index in [2.05, 4.69) is 10.5 Å². The van der Waals surface area contributed by atoms with Crippen molar-refractivity contribution in [3.8, 4) is 0 Å². The molecule has 0 saturated carbocycles. The third-order valence-corrected chi connectivity index (χ3v) is 3.91. The van der Waals surface area contributed by atoms with Crippen LogP contribution in [0.3, 0.4) is 0 Å². The Hall–Kier alpha value is -3.09. The first-order valence-electron chi connectivity index (χ1n) is 7.98. The molecule has 2 aromatic heterocycles. The molecule has 0 bridgehead atoms. The lowest BCUT2D eigenvalue weighted by Crippen LogP contribution is -2.32. The van der Waals surface area contributed by atoms with E-state index in [1.807, 2.05) is 35.9 Å². The van der Waals surface area contributed by atoms with E-state index in [1.165, 1.54) is 0 Å². The van der Waals surface area contributed by atoms with Crippen molar-refractivity contribution < 1.29 is 18.8 Å². The van der Waals surface area contributed by atoms with Crippen molar-refractivity contribution in [3.63, 3.8) is 0 Å². The molecule has 0 aliphatic carbocycles. The second kappa shape index (κ2) is 6.80. The number of esters is 1. The molecule has 3 aromatic rings. The Labute approximate surface area is 144 Å². The van der Waals surface area contributed by atoms with Crippen molar-refractivity contribution in [2.45, 2.75) is 26.4 Å². The van der Waals surface area contributed by atoms with Gasteiger partial charge in [0.15, 0.2) is 11.9 Å². The van der Waals surface area contributed by atoms with Crippen molar-refractivity contribution >= 4 is 28.6 Å². The molecule has 0 radical (unpaired) electrons. The monoisotopic (exact) mass is 341 g/mol. The highest BCUT2D eigenvalue weighted by Crippen LogP contribution is 2.22. The first kappa shape index (κ1) is 16.8. The molecule has 1 aromatic carbocycles. The number of rotatable bonds is 5. The largest absolute Gasteiger partial charge is 0.449 e. The summed E-state index contributed by atoms with van der Waals surface area (Å²) in [5.41, 5.74) is 1.35. The molecule has 0 unspecified atom stereocenters. The molecule has 130 valence electrons. The van der Waals surface area contributed by atoms with Gasteiger partial charge in [0.1, 0.15) is 5.76 Å². The number of nitrogens with one attached hydrogen (secondary N) is 1. The number of hydrogen-bond acceptors (Lipinski definition) is 5. The molecule has 2 heterocycles. The van der Waals surface area contributed by atoms with Gasteiger partial charge < -0.3 is 19.1 Å². The average molecular weight is 341 g/mol. The molecule has 1 N–H and O–H groups in total. The highest BCUT2D eigenvalue weighted by molar-refractivity contribution is 6.05. The van der Waals surface area contributed by atoms with Crippen LogP contribution in [0.1, 0.15) is 29.5 Å². The number of nitrogens with zero attached hydrogens (tertiary/aromatic N) is 2. The van der Waals surface area contributed by atoms with Crippen molar-refractivity contribution in [2.75, 3.05) is 5.32 Å². The van der Waals surface area contributed by atoms with E-state index in [0.717, 1.165) is 10.9 Å². The van der Waals surface area contributed by atoms with E-state index in [-0.39, 0.29) is 0 Å². The lowest BCUT2D eigenvalue weighted by atomic mass is 10.2. The topological polar surface area (TPSA) is 86.4 Å². The molecular weight excluding hydrogens is 322 g/mol. The van der Waals surface area contributed by atoms with Crippen LogP contribution in [0.15, 0.2) is 41.1 Å².